The van der Waals surface area contributed by atoms with Crippen LogP contribution in [0, 0.1) is 5.92 Å². The predicted molar refractivity (Wildman–Crippen MR) is 88.6 cm³/mol. The van der Waals surface area contributed by atoms with Crippen molar-refractivity contribution in [2.75, 3.05) is 0 Å². The van der Waals surface area contributed by atoms with Gasteiger partial charge in [-0.1, -0.05) is 26.0 Å². The summed E-state index contributed by atoms with van der Waals surface area (Å²) in [7, 11) is 0. The van der Waals surface area contributed by atoms with E-state index in [9.17, 15) is 9.59 Å². The fourth-order valence-corrected chi connectivity index (χ4v) is 2.47. The van der Waals surface area contributed by atoms with Crippen LogP contribution >= 0.6 is 0 Å². The van der Waals surface area contributed by atoms with Crippen LogP contribution in [-0.4, -0.2) is 26.5 Å². The number of fused-ring (bicyclic) bond motifs is 1. The summed E-state index contributed by atoms with van der Waals surface area (Å²) in [4.78, 5) is 32.3. The van der Waals surface area contributed by atoms with Crippen LogP contribution in [0.4, 0.5) is 0 Å². The lowest BCUT2D eigenvalue weighted by atomic mass is 10.0. The molecule has 7 heteroatoms. The molecule has 3 rings (SSSR count). The predicted octanol–water partition coefficient (Wildman–Crippen LogP) is 1.84. The Balaban J connectivity index is 1.85. The maximum atomic E-state index is 12.3. The summed E-state index contributed by atoms with van der Waals surface area (Å²) in [6.07, 6.45) is 4.38. The highest BCUT2D eigenvalue weighted by molar-refractivity contribution is 5.92. The molecule has 0 saturated carbocycles. The summed E-state index contributed by atoms with van der Waals surface area (Å²) in [5.41, 5.74) is 1.49. The molecule has 2 heterocycles. The minimum absolute atomic E-state index is 0.117. The zero-order chi connectivity index (χ0) is 17.1. The van der Waals surface area contributed by atoms with E-state index in [0.717, 1.165) is 0 Å². The van der Waals surface area contributed by atoms with E-state index in [-0.39, 0.29) is 23.6 Å². The smallest absolute Gasteiger partial charge is 0.408 e. The van der Waals surface area contributed by atoms with E-state index in [1.54, 1.807) is 6.07 Å². The maximum absolute atomic E-state index is 12.3. The lowest BCUT2D eigenvalue weighted by Crippen LogP contribution is -2.43. The van der Waals surface area contributed by atoms with Gasteiger partial charge in [-0.25, -0.2) is 9.78 Å². The molecule has 7 nitrogen and oxygen atoms in total. The number of hydrogen-bond donors (Lipinski definition) is 1. The van der Waals surface area contributed by atoms with Gasteiger partial charge in [0, 0.05) is 25.0 Å². The average Bonchev–Trinajstić information content (AvgIpc) is 2.90. The molecule has 2 aromatic heterocycles. The van der Waals surface area contributed by atoms with E-state index in [2.05, 4.69) is 15.3 Å². The SMILES string of the molecule is CC(C)[C@H](Cn1c(=O)oc2ccccc21)NC(=O)c1cnccn1. The summed E-state index contributed by atoms with van der Waals surface area (Å²) < 4.78 is 6.78. The number of amides is 1. The molecule has 1 aromatic carbocycles. The molecule has 1 N–H and O–H groups in total. The summed E-state index contributed by atoms with van der Waals surface area (Å²) in [6.45, 7) is 4.28. The van der Waals surface area contributed by atoms with Gasteiger partial charge in [-0.15, -0.1) is 0 Å². The number of aromatic nitrogens is 3. The zero-order valence-corrected chi connectivity index (χ0v) is 13.5. The van der Waals surface area contributed by atoms with Gasteiger partial charge in [0.05, 0.1) is 11.7 Å². The van der Waals surface area contributed by atoms with Crippen molar-refractivity contribution in [1.82, 2.24) is 19.9 Å². The second-order valence-electron chi connectivity index (χ2n) is 5.86. The minimum Gasteiger partial charge on any atom is -0.408 e. The van der Waals surface area contributed by atoms with Gasteiger partial charge in [-0.05, 0) is 18.1 Å². The van der Waals surface area contributed by atoms with Crippen LogP contribution in [0.25, 0.3) is 11.1 Å². The van der Waals surface area contributed by atoms with Crippen LogP contribution in [0.3, 0.4) is 0 Å². The summed E-state index contributed by atoms with van der Waals surface area (Å²) in [5.74, 6) is -0.635. The fraction of sp³-hybridized carbons (Fsp3) is 0.294. The number of nitrogens with one attached hydrogen (secondary N) is 1. The first-order valence-electron chi connectivity index (χ1n) is 7.71. The van der Waals surface area contributed by atoms with Gasteiger partial charge in [0.15, 0.2) is 5.58 Å². The number of hydrogen-bond acceptors (Lipinski definition) is 5. The molecule has 0 bridgehead atoms. The summed E-state index contributed by atoms with van der Waals surface area (Å²) in [6, 6.07) is 6.97. The topological polar surface area (TPSA) is 90.0 Å². The molecule has 0 radical (unpaired) electrons. The normalized spacial score (nSPS) is 12.5. The Morgan fingerprint density at radius 2 is 2.08 bits per heavy atom. The molecule has 0 saturated heterocycles. The molecule has 1 atom stereocenters. The molecule has 0 aliphatic rings. The first-order valence-corrected chi connectivity index (χ1v) is 7.71. The van der Waals surface area contributed by atoms with Crippen LogP contribution in [0.1, 0.15) is 24.3 Å². The highest BCUT2D eigenvalue weighted by atomic mass is 16.4. The lowest BCUT2D eigenvalue weighted by Gasteiger charge is -2.22. The van der Waals surface area contributed by atoms with Gasteiger partial charge in [0.25, 0.3) is 5.91 Å². The van der Waals surface area contributed by atoms with Crippen LogP contribution in [0.5, 0.6) is 0 Å². The van der Waals surface area contributed by atoms with Gasteiger partial charge in [0.2, 0.25) is 0 Å². The molecule has 0 aliphatic heterocycles. The summed E-state index contributed by atoms with van der Waals surface area (Å²) >= 11 is 0. The maximum Gasteiger partial charge on any atom is 0.420 e. The summed E-state index contributed by atoms with van der Waals surface area (Å²) in [5, 5.41) is 2.92. The number of rotatable bonds is 5. The Bertz CT molecular complexity index is 899. The third-order valence-electron chi connectivity index (χ3n) is 3.87. The number of carbonyl (C=O) groups is 1. The molecule has 124 valence electrons. The molecule has 3 aromatic rings. The van der Waals surface area contributed by atoms with E-state index in [4.69, 9.17) is 4.42 Å². The molecule has 0 aliphatic carbocycles. The van der Waals surface area contributed by atoms with Gasteiger partial charge in [-0.3, -0.25) is 14.3 Å². The van der Waals surface area contributed by atoms with E-state index in [0.29, 0.717) is 17.6 Å². The quantitative estimate of drug-likeness (QED) is 0.772. The highest BCUT2D eigenvalue weighted by Crippen LogP contribution is 2.14. The molecule has 24 heavy (non-hydrogen) atoms. The van der Waals surface area contributed by atoms with E-state index in [1.807, 2.05) is 32.0 Å². The van der Waals surface area contributed by atoms with Crippen molar-refractivity contribution in [3.8, 4) is 0 Å². The Kier molecular flexibility index (Phi) is 4.41. The van der Waals surface area contributed by atoms with E-state index < -0.39 is 5.76 Å². The fourth-order valence-electron chi connectivity index (χ4n) is 2.47. The molecule has 0 fully saturated rings. The average molecular weight is 326 g/mol. The third kappa shape index (κ3) is 3.19. The van der Waals surface area contributed by atoms with Gasteiger partial charge in [0.1, 0.15) is 5.69 Å². The van der Waals surface area contributed by atoms with E-state index >= 15 is 0 Å². The van der Waals surface area contributed by atoms with Crippen molar-refractivity contribution < 1.29 is 9.21 Å². The van der Waals surface area contributed by atoms with Crippen LogP contribution in [0.2, 0.25) is 0 Å². The van der Waals surface area contributed by atoms with Crippen molar-refractivity contribution in [3.05, 3.63) is 59.1 Å². The zero-order valence-electron chi connectivity index (χ0n) is 13.5. The monoisotopic (exact) mass is 326 g/mol. The molecule has 1 amide bonds. The van der Waals surface area contributed by atoms with Crippen molar-refractivity contribution >= 4 is 17.0 Å². The highest BCUT2D eigenvalue weighted by Gasteiger charge is 2.21. The van der Waals surface area contributed by atoms with Crippen molar-refractivity contribution in [2.24, 2.45) is 5.92 Å². The second-order valence-corrected chi connectivity index (χ2v) is 5.86. The van der Waals surface area contributed by atoms with Gasteiger partial charge < -0.3 is 9.73 Å². The lowest BCUT2D eigenvalue weighted by molar-refractivity contribution is 0.0914. The standard InChI is InChI=1S/C17H18N4O3/c1-11(2)13(20-16(22)12-9-18-7-8-19-12)10-21-14-5-3-4-6-15(14)24-17(21)23/h3-9,11,13H,10H2,1-2H3,(H,20,22)/t13-/m0/s1. The Morgan fingerprint density at radius 1 is 1.29 bits per heavy atom. The third-order valence-corrected chi connectivity index (χ3v) is 3.87. The molecular weight excluding hydrogens is 308 g/mol. The molecular formula is C17H18N4O3. The number of carbonyl (C=O) groups excluding carboxylic acids is 1. The first-order chi connectivity index (χ1) is 11.6. The largest absolute Gasteiger partial charge is 0.420 e. The first kappa shape index (κ1) is 15.9. The minimum atomic E-state index is -0.435. The Morgan fingerprint density at radius 3 is 2.79 bits per heavy atom. The van der Waals surface area contributed by atoms with Crippen molar-refractivity contribution in [3.63, 3.8) is 0 Å². The van der Waals surface area contributed by atoms with Crippen LogP contribution in [-0.2, 0) is 6.54 Å². The Hall–Kier alpha value is -2.96. The van der Waals surface area contributed by atoms with E-state index in [1.165, 1.54) is 23.2 Å². The van der Waals surface area contributed by atoms with Crippen molar-refractivity contribution in [2.45, 2.75) is 26.4 Å². The van der Waals surface area contributed by atoms with Crippen LogP contribution < -0.4 is 11.1 Å². The van der Waals surface area contributed by atoms with Gasteiger partial charge in [-0.2, -0.15) is 0 Å². The molecule has 0 unspecified atom stereocenters. The van der Waals surface area contributed by atoms with Crippen LogP contribution in [0.15, 0.2) is 52.1 Å². The number of oxazole rings is 1. The molecule has 0 spiro atoms. The number of benzene rings is 1. The number of para-hydroxylation sites is 2. The second kappa shape index (κ2) is 6.66. The van der Waals surface area contributed by atoms with Crippen molar-refractivity contribution in [1.29, 1.82) is 0 Å². The van der Waals surface area contributed by atoms with Gasteiger partial charge >= 0.3 is 5.76 Å². The Labute approximate surface area is 138 Å². The number of nitrogens with zero attached hydrogens (tertiary/aromatic N) is 3.